The molecule has 0 amide bonds. The number of allylic oxidation sites excluding steroid dienone is 2. The Kier molecular flexibility index (Phi) is 7.14. The average Bonchev–Trinajstić information content (AvgIpc) is 2.89. The number of ether oxygens (including phenoxy) is 1. The Morgan fingerprint density at radius 1 is 0.902 bits per heavy atom. The number of hydrogen-bond acceptors (Lipinski definition) is 5. The fourth-order valence-corrected chi connectivity index (χ4v) is 11.1. The molecule has 5 rings (SSSR count). The van der Waals surface area contributed by atoms with Crippen molar-refractivity contribution in [1.82, 2.24) is 0 Å². The van der Waals surface area contributed by atoms with E-state index in [0.717, 1.165) is 64.1 Å². The van der Waals surface area contributed by atoms with E-state index in [2.05, 4.69) is 40.7 Å². The minimum Gasteiger partial charge on any atom is -0.481 e. The lowest BCUT2D eigenvalue weighted by molar-refractivity contribution is -0.212. The number of carboxylic acid groups (broad SMARTS) is 2. The zero-order valence-electron chi connectivity index (χ0n) is 25.9. The van der Waals surface area contributed by atoms with Gasteiger partial charge in [-0.25, -0.2) is 0 Å². The summed E-state index contributed by atoms with van der Waals surface area (Å²) >= 11 is 0. The Bertz CT molecular complexity index is 1170. The monoisotopic (exact) mass is 570 g/mol. The topological polar surface area (TPSA) is 118 Å². The van der Waals surface area contributed by atoms with E-state index >= 15 is 0 Å². The summed E-state index contributed by atoms with van der Waals surface area (Å²) in [6.45, 7) is 13.7. The highest BCUT2D eigenvalue weighted by molar-refractivity contribution is 5.77. The first kappa shape index (κ1) is 30.3. The summed E-state index contributed by atoms with van der Waals surface area (Å²) in [5, 5.41) is 19.5. The van der Waals surface area contributed by atoms with Crippen molar-refractivity contribution in [2.45, 2.75) is 125 Å². The zero-order chi connectivity index (χ0) is 30.2. The molecule has 0 aliphatic heterocycles. The number of rotatable bonds is 6. The minimum absolute atomic E-state index is 0.0244. The lowest BCUT2D eigenvalue weighted by Crippen LogP contribution is -2.66. The second kappa shape index (κ2) is 9.67. The number of esters is 1. The smallest absolute Gasteiger partial charge is 0.310 e. The molecule has 7 nitrogen and oxygen atoms in total. The van der Waals surface area contributed by atoms with Crippen LogP contribution in [0.4, 0.5) is 0 Å². The summed E-state index contributed by atoms with van der Waals surface area (Å²) < 4.78 is 5.82. The van der Waals surface area contributed by atoms with Gasteiger partial charge in [-0.15, -0.1) is 0 Å². The van der Waals surface area contributed by atoms with Gasteiger partial charge in [-0.1, -0.05) is 46.3 Å². The van der Waals surface area contributed by atoms with E-state index in [9.17, 15) is 24.3 Å². The van der Waals surface area contributed by atoms with Gasteiger partial charge in [-0.3, -0.25) is 14.4 Å². The molecule has 0 radical (unpaired) electrons. The molecule has 0 aromatic heterocycles. The van der Waals surface area contributed by atoms with E-state index in [0.29, 0.717) is 12.3 Å². The fourth-order valence-electron chi connectivity index (χ4n) is 11.1. The van der Waals surface area contributed by atoms with Crippen LogP contribution in [0.5, 0.6) is 0 Å². The quantitative estimate of drug-likeness (QED) is 0.204. The average molecular weight is 571 g/mol. The molecular formula is C34H50O7. The van der Waals surface area contributed by atoms with Crippen LogP contribution < -0.4 is 0 Å². The van der Waals surface area contributed by atoms with E-state index < -0.39 is 34.8 Å². The van der Waals surface area contributed by atoms with Crippen molar-refractivity contribution in [3.63, 3.8) is 0 Å². The molecule has 4 fully saturated rings. The van der Waals surface area contributed by atoms with E-state index in [1.807, 2.05) is 6.92 Å². The van der Waals surface area contributed by atoms with Crippen LogP contribution in [-0.4, -0.2) is 40.5 Å². The molecule has 2 N–H and O–H groups in total. The molecule has 0 aromatic carbocycles. The van der Waals surface area contributed by atoms with Crippen molar-refractivity contribution >= 4 is 24.2 Å². The third-order valence-corrected chi connectivity index (χ3v) is 13.8. The van der Waals surface area contributed by atoms with Crippen LogP contribution in [-0.2, 0) is 23.9 Å². The van der Waals surface area contributed by atoms with Gasteiger partial charge in [0.15, 0.2) is 0 Å². The number of carbonyl (C=O) groups excluding carboxylic acids is 2. The van der Waals surface area contributed by atoms with Gasteiger partial charge in [0.05, 0.1) is 23.7 Å². The van der Waals surface area contributed by atoms with Crippen LogP contribution in [0.25, 0.3) is 0 Å². The third kappa shape index (κ3) is 4.25. The highest BCUT2D eigenvalue weighted by Crippen LogP contribution is 2.75. The number of carboxylic acids is 2. The van der Waals surface area contributed by atoms with Crippen molar-refractivity contribution in [3.8, 4) is 0 Å². The number of fused-ring (bicyclic) bond motifs is 7. The summed E-state index contributed by atoms with van der Waals surface area (Å²) in [6, 6.07) is 0. The lowest BCUT2D eigenvalue weighted by atomic mass is 9.33. The van der Waals surface area contributed by atoms with Crippen molar-refractivity contribution < 1.29 is 34.1 Å². The van der Waals surface area contributed by atoms with Gasteiger partial charge >= 0.3 is 17.9 Å². The van der Waals surface area contributed by atoms with Crippen molar-refractivity contribution in [2.24, 2.45) is 50.2 Å². The van der Waals surface area contributed by atoms with E-state index in [4.69, 9.17) is 9.84 Å². The molecule has 9 atom stereocenters. The lowest BCUT2D eigenvalue weighted by Gasteiger charge is -2.71. The summed E-state index contributed by atoms with van der Waals surface area (Å²) in [5.41, 5.74) is -0.248. The van der Waals surface area contributed by atoms with Gasteiger partial charge in [-0.2, -0.15) is 0 Å². The fraction of sp³-hybridized carbons (Fsp3) is 0.824. The molecule has 0 unspecified atom stereocenters. The Morgan fingerprint density at radius 2 is 1.59 bits per heavy atom. The summed E-state index contributed by atoms with van der Waals surface area (Å²) in [7, 11) is 0. The van der Waals surface area contributed by atoms with Gasteiger partial charge in [-0.05, 0) is 111 Å². The molecule has 0 aromatic rings. The molecule has 41 heavy (non-hydrogen) atoms. The molecule has 0 saturated heterocycles. The molecule has 4 saturated carbocycles. The SMILES string of the molecule is CC1(C)CC[C@]2(C(=O)O)CC[C@]3(C)C(=CC[C@@H]4[C@@]5(C)CC[C@H](OC(=O)CCC(=O)O)[C@@](C)(C=O)[C@@H]5CC[C@]43C)[C@@H]2C1. The van der Waals surface area contributed by atoms with Crippen LogP contribution in [0.1, 0.15) is 119 Å². The summed E-state index contributed by atoms with van der Waals surface area (Å²) in [4.78, 5) is 49.2. The molecule has 5 aliphatic rings. The zero-order valence-corrected chi connectivity index (χ0v) is 25.9. The maximum Gasteiger partial charge on any atom is 0.310 e. The Hall–Kier alpha value is -2.18. The maximum atomic E-state index is 12.9. The van der Waals surface area contributed by atoms with Crippen molar-refractivity contribution in [1.29, 1.82) is 0 Å². The van der Waals surface area contributed by atoms with Gasteiger partial charge in [0.25, 0.3) is 0 Å². The van der Waals surface area contributed by atoms with Gasteiger partial charge in [0.1, 0.15) is 12.4 Å². The van der Waals surface area contributed by atoms with E-state index in [1.165, 1.54) is 5.57 Å². The number of carbonyl (C=O) groups is 4. The predicted molar refractivity (Wildman–Crippen MR) is 154 cm³/mol. The minimum atomic E-state index is -1.04. The standard InChI is InChI=1S/C34H50O7/c1-29(2)15-17-34(28(39)40)18-16-32(5)21(22(34)19-29)7-8-24-30(3)13-12-25(41-27(38)10-9-26(36)37)31(4,20-35)23(30)11-14-33(24,32)6/h7,20,22-25H,8-19H2,1-6H3,(H,36,37)(H,39,40)/t22-,23+,24+,25-,30-,31-,32+,33+,34-/m0/s1. The van der Waals surface area contributed by atoms with Crippen LogP contribution >= 0.6 is 0 Å². The van der Waals surface area contributed by atoms with E-state index in [1.54, 1.807) is 0 Å². The largest absolute Gasteiger partial charge is 0.481 e. The first-order valence-electron chi connectivity index (χ1n) is 15.8. The second-order valence-electron chi connectivity index (χ2n) is 16.1. The number of aliphatic carboxylic acids is 2. The van der Waals surface area contributed by atoms with Crippen LogP contribution in [0, 0.1) is 50.2 Å². The van der Waals surface area contributed by atoms with Crippen molar-refractivity contribution in [3.05, 3.63) is 11.6 Å². The number of aldehydes is 1. The molecule has 228 valence electrons. The van der Waals surface area contributed by atoms with Crippen LogP contribution in [0.15, 0.2) is 11.6 Å². The summed E-state index contributed by atoms with van der Waals surface area (Å²) in [6.07, 6.45) is 10.7. The van der Waals surface area contributed by atoms with Crippen LogP contribution in [0.3, 0.4) is 0 Å². The molecule has 0 spiro atoms. The first-order valence-corrected chi connectivity index (χ1v) is 15.8. The Morgan fingerprint density at radius 3 is 2.22 bits per heavy atom. The predicted octanol–water partition coefficient (Wildman–Crippen LogP) is 6.83. The Balaban J connectivity index is 1.48. The first-order chi connectivity index (χ1) is 19.0. The second-order valence-corrected chi connectivity index (χ2v) is 16.1. The molecular weight excluding hydrogens is 520 g/mol. The van der Waals surface area contributed by atoms with Crippen molar-refractivity contribution in [2.75, 3.05) is 0 Å². The maximum absolute atomic E-state index is 12.9. The Labute approximate surface area is 244 Å². The van der Waals surface area contributed by atoms with Crippen LogP contribution in [0.2, 0.25) is 0 Å². The third-order valence-electron chi connectivity index (χ3n) is 13.8. The van der Waals surface area contributed by atoms with Gasteiger partial charge in [0, 0.05) is 0 Å². The highest BCUT2D eigenvalue weighted by Gasteiger charge is 2.70. The molecule has 7 heteroatoms. The van der Waals surface area contributed by atoms with Gasteiger partial charge in [0.2, 0.25) is 0 Å². The normalized spacial score (nSPS) is 46.4. The van der Waals surface area contributed by atoms with E-state index in [-0.39, 0.29) is 46.3 Å². The van der Waals surface area contributed by atoms with Gasteiger partial charge < -0.3 is 19.7 Å². The molecule has 5 aliphatic carbocycles. The highest BCUT2D eigenvalue weighted by atomic mass is 16.5. The molecule has 0 heterocycles. The number of hydrogen-bond donors (Lipinski definition) is 2. The summed E-state index contributed by atoms with van der Waals surface area (Å²) in [5.74, 6) is -1.77. The molecule has 0 bridgehead atoms.